The fraction of sp³-hybridized carbons (Fsp3) is 0.0714. The van der Waals surface area contributed by atoms with E-state index >= 15 is 0 Å². The van der Waals surface area contributed by atoms with Crippen LogP contribution in [-0.2, 0) is 0 Å². The second-order valence-electron chi connectivity index (χ2n) is 4.49. The molecule has 0 aliphatic carbocycles. The minimum absolute atomic E-state index is 0.115. The van der Waals surface area contributed by atoms with Crippen LogP contribution in [-0.4, -0.2) is 15.8 Å². The quantitative estimate of drug-likeness (QED) is 0.688. The summed E-state index contributed by atoms with van der Waals surface area (Å²) in [4.78, 5) is 32.7. The first-order chi connectivity index (χ1) is 10.4. The van der Waals surface area contributed by atoms with Crippen LogP contribution in [0.1, 0.15) is 15.9 Å². The number of carbonyl (C=O) groups excluding carboxylic acids is 1. The Balaban J connectivity index is 2.32. The monoisotopic (exact) mass is 301 g/mol. The number of nitro benzene ring substituents is 2. The van der Waals surface area contributed by atoms with Crippen molar-refractivity contribution in [3.63, 3.8) is 0 Å². The number of nitrogens with one attached hydrogen (secondary N) is 1. The van der Waals surface area contributed by atoms with Crippen LogP contribution in [0.2, 0.25) is 0 Å². The summed E-state index contributed by atoms with van der Waals surface area (Å²) in [5.74, 6) is -0.703. The van der Waals surface area contributed by atoms with Crippen LogP contribution in [0.3, 0.4) is 0 Å². The fourth-order valence-corrected chi connectivity index (χ4v) is 1.91. The highest BCUT2D eigenvalue weighted by molar-refractivity contribution is 6.07. The summed E-state index contributed by atoms with van der Waals surface area (Å²) in [5.41, 5.74) is 0.0619. The lowest BCUT2D eigenvalue weighted by atomic mass is 10.1. The zero-order valence-corrected chi connectivity index (χ0v) is 11.5. The standard InChI is InChI=1S/C14H11N3O5/c1-9-6-7-10(8-13(9)17(21)22)15-14(18)11-4-2-3-5-12(11)16(19)20/h2-8H,1H3,(H,15,18). The Bertz CT molecular complexity index is 773. The molecule has 0 aliphatic rings. The summed E-state index contributed by atoms with van der Waals surface area (Å²) in [6.45, 7) is 1.58. The van der Waals surface area contributed by atoms with Gasteiger partial charge in [-0.3, -0.25) is 25.0 Å². The topological polar surface area (TPSA) is 115 Å². The molecule has 2 aromatic rings. The van der Waals surface area contributed by atoms with Crippen LogP contribution < -0.4 is 5.32 Å². The van der Waals surface area contributed by atoms with Gasteiger partial charge in [0.15, 0.2) is 0 Å². The molecule has 1 amide bonds. The number of anilines is 1. The van der Waals surface area contributed by atoms with Crippen LogP contribution in [0, 0.1) is 27.2 Å². The third-order valence-corrected chi connectivity index (χ3v) is 3.01. The van der Waals surface area contributed by atoms with Crippen LogP contribution in [0.25, 0.3) is 0 Å². The molecule has 8 heteroatoms. The number of nitrogens with zero attached hydrogens (tertiary/aromatic N) is 2. The SMILES string of the molecule is Cc1ccc(NC(=O)c2ccccc2[N+](=O)[O-])cc1[N+](=O)[O-]. The van der Waals surface area contributed by atoms with Crippen molar-refractivity contribution in [3.05, 3.63) is 73.8 Å². The minimum atomic E-state index is -0.703. The number of carbonyl (C=O) groups is 1. The van der Waals surface area contributed by atoms with E-state index in [0.29, 0.717) is 5.56 Å². The summed E-state index contributed by atoms with van der Waals surface area (Å²) in [6.07, 6.45) is 0. The average Bonchev–Trinajstić information content (AvgIpc) is 2.48. The normalized spacial score (nSPS) is 10.0. The van der Waals surface area contributed by atoms with Gasteiger partial charge in [0, 0.05) is 23.4 Å². The highest BCUT2D eigenvalue weighted by Crippen LogP contribution is 2.24. The van der Waals surface area contributed by atoms with E-state index in [9.17, 15) is 25.0 Å². The molecule has 0 bridgehead atoms. The lowest BCUT2D eigenvalue weighted by Crippen LogP contribution is -2.14. The van der Waals surface area contributed by atoms with Gasteiger partial charge >= 0.3 is 0 Å². The number of amides is 1. The first-order valence-electron chi connectivity index (χ1n) is 6.20. The Hall–Kier alpha value is -3.29. The van der Waals surface area contributed by atoms with Crippen molar-refractivity contribution in [2.24, 2.45) is 0 Å². The zero-order chi connectivity index (χ0) is 16.3. The van der Waals surface area contributed by atoms with Crippen molar-refractivity contribution in [1.82, 2.24) is 0 Å². The van der Waals surface area contributed by atoms with E-state index in [0.717, 1.165) is 0 Å². The van der Waals surface area contributed by atoms with Crippen LogP contribution in [0.4, 0.5) is 17.1 Å². The van der Waals surface area contributed by atoms with E-state index in [1.54, 1.807) is 6.92 Å². The lowest BCUT2D eigenvalue weighted by molar-refractivity contribution is -0.385. The maximum atomic E-state index is 12.1. The predicted octanol–water partition coefficient (Wildman–Crippen LogP) is 3.06. The highest BCUT2D eigenvalue weighted by Gasteiger charge is 2.20. The average molecular weight is 301 g/mol. The van der Waals surface area contributed by atoms with Gasteiger partial charge in [0.1, 0.15) is 5.56 Å². The molecule has 1 N–H and O–H groups in total. The molecule has 0 unspecified atom stereocenters. The van der Waals surface area contributed by atoms with E-state index in [4.69, 9.17) is 0 Å². The first-order valence-corrected chi connectivity index (χ1v) is 6.20. The molecule has 0 aliphatic heterocycles. The molecule has 0 atom stereocenters. The molecule has 0 saturated carbocycles. The predicted molar refractivity (Wildman–Crippen MR) is 78.9 cm³/mol. The number of hydrogen-bond acceptors (Lipinski definition) is 5. The third kappa shape index (κ3) is 3.06. The summed E-state index contributed by atoms with van der Waals surface area (Å²) < 4.78 is 0. The van der Waals surface area contributed by atoms with Crippen LogP contribution in [0.5, 0.6) is 0 Å². The Labute approximate surface area is 124 Å². The molecular formula is C14H11N3O5. The van der Waals surface area contributed by atoms with E-state index in [-0.39, 0.29) is 22.6 Å². The van der Waals surface area contributed by atoms with E-state index in [2.05, 4.69) is 5.32 Å². The van der Waals surface area contributed by atoms with Gasteiger partial charge in [0.2, 0.25) is 0 Å². The number of benzene rings is 2. The van der Waals surface area contributed by atoms with Gasteiger partial charge in [-0.1, -0.05) is 18.2 Å². The maximum Gasteiger partial charge on any atom is 0.282 e. The summed E-state index contributed by atoms with van der Waals surface area (Å²) >= 11 is 0. The highest BCUT2D eigenvalue weighted by atomic mass is 16.6. The van der Waals surface area contributed by atoms with Crippen LogP contribution in [0.15, 0.2) is 42.5 Å². The van der Waals surface area contributed by atoms with Crippen LogP contribution >= 0.6 is 0 Å². The molecule has 2 aromatic carbocycles. The van der Waals surface area contributed by atoms with E-state index in [1.165, 1.54) is 42.5 Å². The van der Waals surface area contributed by atoms with Gasteiger partial charge in [-0.2, -0.15) is 0 Å². The third-order valence-electron chi connectivity index (χ3n) is 3.01. The number of aryl methyl sites for hydroxylation is 1. The Morgan fingerprint density at radius 1 is 1.00 bits per heavy atom. The van der Waals surface area contributed by atoms with Crippen molar-refractivity contribution in [2.45, 2.75) is 6.92 Å². The Morgan fingerprint density at radius 2 is 1.64 bits per heavy atom. The molecule has 0 aromatic heterocycles. The number of nitro groups is 2. The molecule has 2 rings (SSSR count). The molecule has 0 radical (unpaired) electrons. The number of rotatable bonds is 4. The molecular weight excluding hydrogens is 290 g/mol. The number of para-hydroxylation sites is 1. The molecule has 112 valence electrons. The van der Waals surface area contributed by atoms with Gasteiger partial charge in [-0.25, -0.2) is 0 Å². The molecule has 0 spiro atoms. The van der Waals surface area contributed by atoms with Crippen molar-refractivity contribution in [1.29, 1.82) is 0 Å². The van der Waals surface area contributed by atoms with Gasteiger partial charge < -0.3 is 5.32 Å². The fourth-order valence-electron chi connectivity index (χ4n) is 1.91. The zero-order valence-electron chi connectivity index (χ0n) is 11.5. The largest absolute Gasteiger partial charge is 0.322 e. The molecule has 8 nitrogen and oxygen atoms in total. The summed E-state index contributed by atoms with van der Waals surface area (Å²) in [6, 6.07) is 9.68. The van der Waals surface area contributed by atoms with Gasteiger partial charge in [0.05, 0.1) is 9.85 Å². The summed E-state index contributed by atoms with van der Waals surface area (Å²) in [5, 5.41) is 24.2. The lowest BCUT2D eigenvalue weighted by Gasteiger charge is -2.06. The van der Waals surface area contributed by atoms with Crippen molar-refractivity contribution < 1.29 is 14.6 Å². The maximum absolute atomic E-state index is 12.1. The molecule has 0 heterocycles. The summed E-state index contributed by atoms with van der Waals surface area (Å²) in [7, 11) is 0. The molecule has 0 saturated heterocycles. The Kier molecular flexibility index (Phi) is 4.12. The van der Waals surface area contributed by atoms with Gasteiger partial charge in [0.25, 0.3) is 17.3 Å². The first kappa shape index (κ1) is 15.1. The van der Waals surface area contributed by atoms with Gasteiger partial charge in [-0.05, 0) is 19.1 Å². The van der Waals surface area contributed by atoms with Crippen molar-refractivity contribution in [2.75, 3.05) is 5.32 Å². The molecule has 22 heavy (non-hydrogen) atoms. The molecule has 0 fully saturated rings. The van der Waals surface area contributed by atoms with E-state index in [1.807, 2.05) is 0 Å². The second kappa shape index (κ2) is 6.00. The van der Waals surface area contributed by atoms with Gasteiger partial charge in [-0.15, -0.1) is 0 Å². The van der Waals surface area contributed by atoms with Crippen molar-refractivity contribution >= 4 is 23.0 Å². The smallest absolute Gasteiger partial charge is 0.282 e. The minimum Gasteiger partial charge on any atom is -0.322 e. The van der Waals surface area contributed by atoms with Crippen molar-refractivity contribution in [3.8, 4) is 0 Å². The number of hydrogen-bond donors (Lipinski definition) is 1. The van der Waals surface area contributed by atoms with E-state index < -0.39 is 15.8 Å². The second-order valence-corrected chi connectivity index (χ2v) is 4.49. The Morgan fingerprint density at radius 3 is 2.27 bits per heavy atom.